The highest BCUT2D eigenvalue weighted by atomic mass is 16.2. The predicted molar refractivity (Wildman–Crippen MR) is 98.5 cm³/mol. The molecule has 0 spiro atoms. The van der Waals surface area contributed by atoms with Gasteiger partial charge in [-0.2, -0.15) is 0 Å². The Morgan fingerprint density at radius 3 is 2.08 bits per heavy atom. The maximum absolute atomic E-state index is 13.4. The first-order valence-electron chi connectivity index (χ1n) is 10.2. The SMILES string of the molecule is O=c1n(C2C3CC4CC(C3)CC2C4)cc(-c2ccccc2)n1C1CC1. The van der Waals surface area contributed by atoms with Crippen LogP contribution in [0.5, 0.6) is 0 Å². The number of imidazole rings is 1. The Balaban J connectivity index is 1.48. The number of hydrogen-bond donors (Lipinski definition) is 0. The minimum absolute atomic E-state index is 0.263. The molecule has 0 aliphatic heterocycles. The van der Waals surface area contributed by atoms with Crippen molar-refractivity contribution >= 4 is 0 Å². The summed E-state index contributed by atoms with van der Waals surface area (Å²) in [6.07, 6.45) is 11.4. The molecule has 25 heavy (non-hydrogen) atoms. The summed E-state index contributed by atoms with van der Waals surface area (Å²) >= 11 is 0. The molecule has 3 heteroatoms. The van der Waals surface area contributed by atoms with Crippen molar-refractivity contribution in [2.45, 2.75) is 57.0 Å². The molecule has 2 aromatic rings. The first-order chi connectivity index (χ1) is 12.3. The fraction of sp³-hybridized carbons (Fsp3) is 0.591. The third kappa shape index (κ3) is 2.14. The molecular formula is C22H26N2O. The van der Waals surface area contributed by atoms with E-state index in [1.54, 1.807) is 0 Å². The molecule has 1 aromatic carbocycles. The fourth-order valence-electron chi connectivity index (χ4n) is 6.55. The largest absolute Gasteiger partial charge is 0.329 e. The van der Waals surface area contributed by atoms with E-state index < -0.39 is 0 Å². The lowest BCUT2D eigenvalue weighted by Crippen LogP contribution is -2.48. The van der Waals surface area contributed by atoms with E-state index in [-0.39, 0.29) is 5.69 Å². The van der Waals surface area contributed by atoms with E-state index in [0.717, 1.165) is 42.2 Å². The van der Waals surface area contributed by atoms with Crippen LogP contribution in [0.2, 0.25) is 0 Å². The zero-order valence-electron chi connectivity index (χ0n) is 14.7. The second-order valence-electron chi connectivity index (χ2n) is 9.09. The van der Waals surface area contributed by atoms with Crippen LogP contribution in [-0.4, -0.2) is 9.13 Å². The molecule has 3 nitrogen and oxygen atoms in total. The van der Waals surface area contributed by atoms with Crippen LogP contribution >= 0.6 is 0 Å². The molecular weight excluding hydrogens is 308 g/mol. The molecule has 1 aromatic heterocycles. The predicted octanol–water partition coefficient (Wildman–Crippen LogP) is 4.65. The van der Waals surface area contributed by atoms with Crippen molar-refractivity contribution in [1.82, 2.24) is 9.13 Å². The van der Waals surface area contributed by atoms with Gasteiger partial charge in [0, 0.05) is 18.3 Å². The Hall–Kier alpha value is -1.77. The number of nitrogens with zero attached hydrogens (tertiary/aromatic N) is 2. The normalized spacial score (nSPS) is 36.1. The Kier molecular flexibility index (Phi) is 2.95. The van der Waals surface area contributed by atoms with E-state index in [1.807, 2.05) is 0 Å². The third-order valence-electron chi connectivity index (χ3n) is 7.43. The van der Waals surface area contributed by atoms with Crippen LogP contribution < -0.4 is 5.69 Å². The Morgan fingerprint density at radius 1 is 0.840 bits per heavy atom. The monoisotopic (exact) mass is 334 g/mol. The summed E-state index contributed by atoms with van der Waals surface area (Å²) in [5, 5.41) is 0. The third-order valence-corrected chi connectivity index (χ3v) is 7.43. The molecule has 7 rings (SSSR count). The summed E-state index contributed by atoms with van der Waals surface area (Å²) < 4.78 is 4.29. The number of aromatic nitrogens is 2. The molecule has 5 saturated carbocycles. The second-order valence-corrected chi connectivity index (χ2v) is 9.09. The average Bonchev–Trinajstić information content (AvgIpc) is 3.39. The van der Waals surface area contributed by atoms with Crippen LogP contribution in [0.4, 0.5) is 0 Å². The molecule has 0 atom stereocenters. The van der Waals surface area contributed by atoms with Gasteiger partial charge in [0.15, 0.2) is 0 Å². The number of rotatable bonds is 3. The van der Waals surface area contributed by atoms with Gasteiger partial charge in [-0.3, -0.25) is 9.13 Å². The van der Waals surface area contributed by atoms with Gasteiger partial charge < -0.3 is 0 Å². The van der Waals surface area contributed by atoms with Crippen LogP contribution in [0.1, 0.15) is 57.0 Å². The highest BCUT2D eigenvalue weighted by Crippen LogP contribution is 2.58. The van der Waals surface area contributed by atoms with E-state index in [2.05, 4.69) is 45.7 Å². The van der Waals surface area contributed by atoms with Gasteiger partial charge in [-0.05, 0) is 74.2 Å². The maximum atomic E-state index is 13.4. The number of benzene rings is 1. The van der Waals surface area contributed by atoms with Crippen molar-refractivity contribution in [3.8, 4) is 11.3 Å². The Labute approximate surface area is 148 Å². The van der Waals surface area contributed by atoms with Crippen molar-refractivity contribution in [2.75, 3.05) is 0 Å². The van der Waals surface area contributed by atoms with E-state index in [0.29, 0.717) is 12.1 Å². The highest BCUT2D eigenvalue weighted by Gasteiger charge is 2.49. The van der Waals surface area contributed by atoms with Crippen molar-refractivity contribution in [3.05, 3.63) is 47.0 Å². The van der Waals surface area contributed by atoms with E-state index >= 15 is 0 Å². The van der Waals surface area contributed by atoms with Gasteiger partial charge >= 0.3 is 5.69 Å². The molecule has 0 amide bonds. The second kappa shape index (κ2) is 5.12. The molecule has 130 valence electrons. The summed E-state index contributed by atoms with van der Waals surface area (Å²) in [6, 6.07) is 11.4. The highest BCUT2D eigenvalue weighted by molar-refractivity contribution is 5.59. The van der Waals surface area contributed by atoms with Gasteiger partial charge in [0.1, 0.15) is 0 Å². The summed E-state index contributed by atoms with van der Waals surface area (Å²) in [5.74, 6) is 3.39. The minimum atomic E-state index is 0.263. The topological polar surface area (TPSA) is 26.9 Å². The Morgan fingerprint density at radius 2 is 1.48 bits per heavy atom. The molecule has 5 aliphatic rings. The first kappa shape index (κ1) is 14.4. The lowest BCUT2D eigenvalue weighted by molar-refractivity contribution is -0.0305. The molecule has 0 saturated heterocycles. The van der Waals surface area contributed by atoms with Crippen LogP contribution in [0, 0.1) is 23.7 Å². The maximum Gasteiger partial charge on any atom is 0.329 e. The lowest BCUT2D eigenvalue weighted by Gasteiger charge is -2.54. The van der Waals surface area contributed by atoms with E-state index in [4.69, 9.17) is 0 Å². The van der Waals surface area contributed by atoms with Gasteiger partial charge in [0.2, 0.25) is 0 Å². The summed E-state index contributed by atoms with van der Waals surface area (Å²) in [5.41, 5.74) is 2.59. The molecule has 0 unspecified atom stereocenters. The molecule has 4 bridgehead atoms. The zero-order valence-corrected chi connectivity index (χ0v) is 14.7. The van der Waals surface area contributed by atoms with Gasteiger partial charge in [-0.15, -0.1) is 0 Å². The van der Waals surface area contributed by atoms with Crippen LogP contribution in [-0.2, 0) is 0 Å². The summed E-state index contributed by atoms with van der Waals surface area (Å²) in [4.78, 5) is 13.4. The smallest absolute Gasteiger partial charge is 0.295 e. The van der Waals surface area contributed by atoms with Gasteiger partial charge in [0.05, 0.1) is 5.69 Å². The lowest BCUT2D eigenvalue weighted by atomic mass is 9.54. The number of hydrogen-bond acceptors (Lipinski definition) is 1. The minimum Gasteiger partial charge on any atom is -0.295 e. The molecule has 0 N–H and O–H groups in total. The quantitative estimate of drug-likeness (QED) is 0.803. The molecule has 5 aliphatic carbocycles. The fourth-order valence-corrected chi connectivity index (χ4v) is 6.55. The van der Waals surface area contributed by atoms with Crippen molar-refractivity contribution in [3.63, 3.8) is 0 Å². The molecule has 0 radical (unpaired) electrons. The van der Waals surface area contributed by atoms with Gasteiger partial charge in [-0.1, -0.05) is 30.3 Å². The van der Waals surface area contributed by atoms with E-state index in [1.165, 1.54) is 37.7 Å². The van der Waals surface area contributed by atoms with E-state index in [9.17, 15) is 4.79 Å². The standard InChI is InChI=1S/C22H26N2O/c25-22-23(21-17-9-14-8-15(11-17)12-18(21)10-14)13-20(24(22)19-6-7-19)16-4-2-1-3-5-16/h1-5,13-15,17-19,21H,6-12H2. The molecule has 5 fully saturated rings. The summed E-state index contributed by atoms with van der Waals surface area (Å²) in [7, 11) is 0. The first-order valence-corrected chi connectivity index (χ1v) is 10.2. The zero-order chi connectivity index (χ0) is 16.5. The van der Waals surface area contributed by atoms with Crippen LogP contribution in [0.15, 0.2) is 41.3 Å². The molecule has 1 heterocycles. The van der Waals surface area contributed by atoms with Gasteiger partial charge in [0.25, 0.3) is 0 Å². The van der Waals surface area contributed by atoms with Crippen molar-refractivity contribution < 1.29 is 0 Å². The van der Waals surface area contributed by atoms with Crippen LogP contribution in [0.3, 0.4) is 0 Å². The average molecular weight is 334 g/mol. The summed E-state index contributed by atoms with van der Waals surface area (Å²) in [6.45, 7) is 0. The Bertz CT molecular complexity index is 830. The van der Waals surface area contributed by atoms with Crippen molar-refractivity contribution in [2.24, 2.45) is 23.7 Å². The van der Waals surface area contributed by atoms with Gasteiger partial charge in [-0.25, -0.2) is 4.79 Å². The van der Waals surface area contributed by atoms with Crippen molar-refractivity contribution in [1.29, 1.82) is 0 Å². The van der Waals surface area contributed by atoms with Crippen LogP contribution in [0.25, 0.3) is 11.3 Å².